The largest absolute Gasteiger partial charge is 0.508 e. The maximum atomic E-state index is 11.8. The van der Waals surface area contributed by atoms with Gasteiger partial charge in [0.15, 0.2) is 0 Å². The van der Waals surface area contributed by atoms with Gasteiger partial charge in [-0.05, 0) is 30.2 Å². The van der Waals surface area contributed by atoms with Crippen LogP contribution in [0.25, 0.3) is 11.0 Å². The maximum absolute atomic E-state index is 11.8. The first-order chi connectivity index (χ1) is 12.0. The van der Waals surface area contributed by atoms with Gasteiger partial charge in [-0.1, -0.05) is 36.2 Å². The summed E-state index contributed by atoms with van der Waals surface area (Å²) in [4.78, 5) is 11.8. The van der Waals surface area contributed by atoms with Crippen LogP contribution >= 0.6 is 23.2 Å². The Morgan fingerprint density at radius 2 is 1.80 bits per heavy atom. The van der Waals surface area contributed by atoms with Crippen molar-refractivity contribution in [2.75, 3.05) is 0 Å². The molecule has 0 atom stereocenters. The summed E-state index contributed by atoms with van der Waals surface area (Å²) in [6, 6.07) is 10.3. The number of nitrogens with two attached hydrogens (primary N) is 1. The molecule has 1 aromatic heterocycles. The fourth-order valence-corrected chi connectivity index (χ4v) is 3.32. The molecular weight excluding hydrogens is 361 g/mol. The van der Waals surface area contributed by atoms with Crippen LogP contribution < -0.4 is 10.9 Å². The van der Waals surface area contributed by atoms with Gasteiger partial charge in [0.2, 0.25) is 0 Å². The number of phenols is 1. The lowest BCUT2D eigenvalue weighted by molar-refractivity contribution is -0.686. The molecular formula is C19H18Cl2NO3+. The average Bonchev–Trinajstić information content (AvgIpc) is 2.56. The lowest BCUT2D eigenvalue weighted by Crippen LogP contribution is -2.80. The number of rotatable bonds is 5. The highest BCUT2D eigenvalue weighted by Crippen LogP contribution is 2.26. The van der Waals surface area contributed by atoms with E-state index in [-0.39, 0.29) is 5.75 Å². The molecule has 0 bridgehead atoms. The molecule has 6 heteroatoms. The van der Waals surface area contributed by atoms with Gasteiger partial charge in [-0.2, -0.15) is 0 Å². The molecule has 3 aromatic rings. The molecule has 1 heterocycles. The van der Waals surface area contributed by atoms with E-state index in [2.05, 4.69) is 5.32 Å². The number of fused-ring (bicyclic) bond motifs is 1. The van der Waals surface area contributed by atoms with E-state index in [4.69, 9.17) is 27.6 Å². The Morgan fingerprint density at radius 3 is 2.52 bits per heavy atom. The molecule has 0 saturated carbocycles. The average molecular weight is 379 g/mol. The number of hydrogen-bond donors (Lipinski definition) is 2. The molecule has 0 unspecified atom stereocenters. The molecule has 0 amide bonds. The van der Waals surface area contributed by atoms with Gasteiger partial charge >= 0.3 is 5.63 Å². The van der Waals surface area contributed by atoms with Crippen molar-refractivity contribution in [1.29, 1.82) is 0 Å². The minimum Gasteiger partial charge on any atom is -0.508 e. The molecule has 130 valence electrons. The number of hydrogen-bond acceptors (Lipinski definition) is 3. The Balaban J connectivity index is 1.86. The summed E-state index contributed by atoms with van der Waals surface area (Å²) in [5.74, 6) is 0.146. The number of phenolic OH excluding ortho intramolecular Hbond substituents is 1. The van der Waals surface area contributed by atoms with Gasteiger partial charge in [0, 0.05) is 33.7 Å². The van der Waals surface area contributed by atoms with Crippen LogP contribution in [0.3, 0.4) is 0 Å². The zero-order valence-electron chi connectivity index (χ0n) is 13.7. The van der Waals surface area contributed by atoms with Crippen LogP contribution in [0.4, 0.5) is 0 Å². The summed E-state index contributed by atoms with van der Waals surface area (Å²) >= 11 is 12.1. The fraction of sp³-hybridized carbons (Fsp3) is 0.211. The van der Waals surface area contributed by atoms with Crippen molar-refractivity contribution in [3.8, 4) is 5.75 Å². The number of benzene rings is 2. The minimum atomic E-state index is -0.427. The van der Waals surface area contributed by atoms with Crippen LogP contribution in [0.5, 0.6) is 5.75 Å². The van der Waals surface area contributed by atoms with E-state index in [9.17, 15) is 9.90 Å². The highest BCUT2D eigenvalue weighted by molar-refractivity contribution is 6.35. The van der Waals surface area contributed by atoms with E-state index in [0.29, 0.717) is 35.1 Å². The normalized spacial score (nSPS) is 11.2. The first-order valence-corrected chi connectivity index (χ1v) is 8.77. The fourth-order valence-electron chi connectivity index (χ4n) is 2.83. The molecule has 0 aliphatic heterocycles. The van der Waals surface area contributed by atoms with E-state index in [1.54, 1.807) is 12.1 Å². The number of aromatic hydroxyl groups is 1. The number of halogens is 2. The standard InChI is InChI=1S/C19H17Cl2NO3/c1-2-11-5-15-13(6-19(24)25-18(15)8-17(11)23)10-22-9-12-3-4-14(20)7-16(12)21/h3-8,22-23H,2,9-10H2,1H3/p+1. The molecule has 2 aromatic carbocycles. The van der Waals surface area contributed by atoms with Crippen molar-refractivity contribution in [2.45, 2.75) is 26.4 Å². The second kappa shape index (κ2) is 7.48. The molecule has 0 aliphatic carbocycles. The molecule has 0 spiro atoms. The minimum absolute atomic E-state index is 0.146. The van der Waals surface area contributed by atoms with Gasteiger partial charge in [0.25, 0.3) is 0 Å². The van der Waals surface area contributed by atoms with Crippen molar-refractivity contribution in [1.82, 2.24) is 0 Å². The monoisotopic (exact) mass is 378 g/mol. The summed E-state index contributed by atoms with van der Waals surface area (Å²) in [5.41, 5.74) is 2.64. The molecule has 3 N–H and O–H groups in total. The van der Waals surface area contributed by atoms with Gasteiger partial charge in [-0.15, -0.1) is 0 Å². The number of quaternary nitrogens is 1. The van der Waals surface area contributed by atoms with Gasteiger partial charge in [0.1, 0.15) is 24.4 Å². The van der Waals surface area contributed by atoms with Crippen molar-refractivity contribution in [2.24, 2.45) is 0 Å². The Hall–Kier alpha value is -2.01. The van der Waals surface area contributed by atoms with E-state index < -0.39 is 5.63 Å². The zero-order valence-corrected chi connectivity index (χ0v) is 15.2. The molecule has 25 heavy (non-hydrogen) atoms. The van der Waals surface area contributed by atoms with Gasteiger partial charge in [-0.3, -0.25) is 0 Å². The second-order valence-corrected chi connectivity index (χ2v) is 6.70. The summed E-state index contributed by atoms with van der Waals surface area (Å²) in [6.45, 7) is 3.22. The summed E-state index contributed by atoms with van der Waals surface area (Å²) < 4.78 is 5.21. The molecule has 0 fully saturated rings. The summed E-state index contributed by atoms with van der Waals surface area (Å²) in [6.07, 6.45) is 0.699. The lowest BCUT2D eigenvalue weighted by Gasteiger charge is -2.09. The lowest BCUT2D eigenvalue weighted by atomic mass is 10.0. The summed E-state index contributed by atoms with van der Waals surface area (Å²) in [5, 5.41) is 14.1. The van der Waals surface area contributed by atoms with Crippen LogP contribution in [-0.2, 0) is 19.5 Å². The molecule has 3 rings (SSSR count). The first-order valence-electron chi connectivity index (χ1n) is 8.02. The topological polar surface area (TPSA) is 67.0 Å². The van der Waals surface area contributed by atoms with Crippen molar-refractivity contribution >= 4 is 34.2 Å². The van der Waals surface area contributed by atoms with Crippen LogP contribution in [0, 0.1) is 0 Å². The highest BCUT2D eigenvalue weighted by Gasteiger charge is 2.11. The zero-order chi connectivity index (χ0) is 18.0. The Kier molecular flexibility index (Phi) is 5.33. The first kappa shape index (κ1) is 17.8. The van der Waals surface area contributed by atoms with Crippen LogP contribution in [-0.4, -0.2) is 5.11 Å². The number of aryl methyl sites for hydroxylation is 1. The predicted molar refractivity (Wildman–Crippen MR) is 99.3 cm³/mol. The highest BCUT2D eigenvalue weighted by atomic mass is 35.5. The third-order valence-electron chi connectivity index (χ3n) is 4.15. The van der Waals surface area contributed by atoms with Crippen LogP contribution in [0.1, 0.15) is 23.6 Å². The quantitative estimate of drug-likeness (QED) is 0.666. The van der Waals surface area contributed by atoms with Crippen LogP contribution in [0.2, 0.25) is 10.0 Å². The van der Waals surface area contributed by atoms with E-state index in [1.165, 1.54) is 12.1 Å². The predicted octanol–water partition coefficient (Wildman–Crippen LogP) is 3.63. The second-order valence-electron chi connectivity index (χ2n) is 5.85. The van der Waals surface area contributed by atoms with E-state index in [0.717, 1.165) is 22.1 Å². The summed E-state index contributed by atoms with van der Waals surface area (Å²) in [7, 11) is 0. The Morgan fingerprint density at radius 1 is 1.04 bits per heavy atom. The van der Waals surface area contributed by atoms with Gasteiger partial charge < -0.3 is 14.8 Å². The smallest absolute Gasteiger partial charge is 0.336 e. The van der Waals surface area contributed by atoms with Gasteiger partial charge in [-0.25, -0.2) is 4.79 Å². The molecule has 0 saturated heterocycles. The SMILES string of the molecule is CCc1cc2c(C[NH2+]Cc3ccc(Cl)cc3Cl)cc(=O)oc2cc1O. The third-order valence-corrected chi connectivity index (χ3v) is 4.74. The Bertz CT molecular complexity index is 982. The van der Waals surface area contributed by atoms with Crippen LogP contribution in [0.15, 0.2) is 45.6 Å². The van der Waals surface area contributed by atoms with E-state index >= 15 is 0 Å². The Labute approximate surface area is 155 Å². The maximum Gasteiger partial charge on any atom is 0.336 e. The van der Waals surface area contributed by atoms with Gasteiger partial charge in [0.05, 0.1) is 5.02 Å². The van der Waals surface area contributed by atoms with Crippen molar-refractivity contribution in [3.05, 3.63) is 73.6 Å². The molecule has 4 nitrogen and oxygen atoms in total. The molecule has 0 radical (unpaired) electrons. The third kappa shape index (κ3) is 3.98. The molecule has 0 aliphatic rings. The van der Waals surface area contributed by atoms with Crippen molar-refractivity contribution in [3.63, 3.8) is 0 Å². The van der Waals surface area contributed by atoms with Crippen molar-refractivity contribution < 1.29 is 14.8 Å². The van der Waals surface area contributed by atoms with E-state index in [1.807, 2.05) is 19.1 Å².